The minimum Gasteiger partial charge on any atom is -0.321 e. The number of rotatable bonds is 4. The highest BCUT2D eigenvalue weighted by molar-refractivity contribution is 5.84. The fourth-order valence-corrected chi connectivity index (χ4v) is 3.08. The smallest absolute Gasteiger partial charge is 0.241 e. The van der Waals surface area contributed by atoms with Gasteiger partial charge in [-0.2, -0.15) is 0 Å². The molecule has 0 aliphatic carbocycles. The molecule has 2 rings (SSSR count). The summed E-state index contributed by atoms with van der Waals surface area (Å²) in [5.41, 5.74) is 0. The van der Waals surface area contributed by atoms with Crippen LogP contribution in [0, 0.1) is 0 Å². The van der Waals surface area contributed by atoms with Crippen LogP contribution in [0.2, 0.25) is 0 Å². The first kappa shape index (κ1) is 12.8. The second kappa shape index (κ2) is 5.36. The van der Waals surface area contributed by atoms with Crippen molar-refractivity contribution < 1.29 is 4.79 Å². The molecule has 1 amide bonds. The van der Waals surface area contributed by atoms with E-state index in [9.17, 15) is 4.79 Å². The molecule has 2 aliphatic rings. The SMILES string of the molecule is CCCC1NC(CC)C(=O)N1C1CCN(C)C1. The van der Waals surface area contributed by atoms with Gasteiger partial charge in [-0.05, 0) is 32.9 Å². The molecule has 4 heteroatoms. The van der Waals surface area contributed by atoms with Crippen molar-refractivity contribution in [2.75, 3.05) is 20.1 Å². The third kappa shape index (κ3) is 2.47. The molecule has 2 fully saturated rings. The summed E-state index contributed by atoms with van der Waals surface area (Å²) in [5, 5.41) is 3.49. The number of carbonyl (C=O) groups is 1. The molecule has 4 nitrogen and oxygen atoms in total. The van der Waals surface area contributed by atoms with Gasteiger partial charge in [0.2, 0.25) is 5.91 Å². The van der Waals surface area contributed by atoms with Crippen molar-refractivity contribution in [3.05, 3.63) is 0 Å². The van der Waals surface area contributed by atoms with E-state index in [1.807, 2.05) is 0 Å². The summed E-state index contributed by atoms with van der Waals surface area (Å²) >= 11 is 0. The number of likely N-dealkylation sites (tertiary alicyclic amines) is 1. The highest BCUT2D eigenvalue weighted by atomic mass is 16.2. The molecule has 0 radical (unpaired) electrons. The molecule has 0 spiro atoms. The van der Waals surface area contributed by atoms with Gasteiger partial charge < -0.3 is 9.80 Å². The molecule has 3 atom stereocenters. The van der Waals surface area contributed by atoms with E-state index in [0.29, 0.717) is 11.9 Å². The summed E-state index contributed by atoms with van der Waals surface area (Å²) in [5.74, 6) is 0.325. The number of likely N-dealkylation sites (N-methyl/N-ethyl adjacent to an activating group) is 1. The van der Waals surface area contributed by atoms with Crippen molar-refractivity contribution in [2.45, 2.75) is 57.8 Å². The lowest BCUT2D eigenvalue weighted by Crippen LogP contribution is -2.45. The Kier molecular flexibility index (Phi) is 4.05. The van der Waals surface area contributed by atoms with Crippen LogP contribution in [0.1, 0.15) is 39.5 Å². The topological polar surface area (TPSA) is 35.6 Å². The Morgan fingerprint density at radius 2 is 2.18 bits per heavy atom. The molecule has 17 heavy (non-hydrogen) atoms. The Morgan fingerprint density at radius 1 is 1.41 bits per heavy atom. The normalized spacial score (nSPS) is 34.9. The van der Waals surface area contributed by atoms with Crippen LogP contribution in [0.25, 0.3) is 0 Å². The second-order valence-electron chi connectivity index (χ2n) is 5.38. The Balaban J connectivity index is 2.08. The predicted octanol–water partition coefficient (Wildman–Crippen LogP) is 1.03. The molecule has 3 unspecified atom stereocenters. The van der Waals surface area contributed by atoms with Gasteiger partial charge >= 0.3 is 0 Å². The minimum atomic E-state index is 0.0532. The van der Waals surface area contributed by atoms with Crippen molar-refractivity contribution in [3.63, 3.8) is 0 Å². The average Bonchev–Trinajstić information content (AvgIpc) is 2.84. The fraction of sp³-hybridized carbons (Fsp3) is 0.923. The third-order valence-electron chi connectivity index (χ3n) is 4.01. The highest BCUT2D eigenvalue weighted by Gasteiger charge is 2.42. The Bertz CT molecular complexity index is 282. The van der Waals surface area contributed by atoms with Gasteiger partial charge in [-0.15, -0.1) is 0 Å². The zero-order valence-electron chi connectivity index (χ0n) is 11.3. The van der Waals surface area contributed by atoms with Gasteiger partial charge in [0.1, 0.15) is 0 Å². The van der Waals surface area contributed by atoms with Gasteiger partial charge in [0, 0.05) is 12.6 Å². The van der Waals surface area contributed by atoms with Gasteiger partial charge in [-0.25, -0.2) is 0 Å². The van der Waals surface area contributed by atoms with Crippen molar-refractivity contribution in [2.24, 2.45) is 0 Å². The first-order chi connectivity index (χ1) is 8.17. The van der Waals surface area contributed by atoms with E-state index in [1.54, 1.807) is 0 Å². The van der Waals surface area contributed by atoms with Crippen LogP contribution >= 0.6 is 0 Å². The van der Waals surface area contributed by atoms with E-state index in [4.69, 9.17) is 0 Å². The molecule has 98 valence electrons. The van der Waals surface area contributed by atoms with Crippen LogP contribution in [-0.4, -0.2) is 54.1 Å². The van der Waals surface area contributed by atoms with Gasteiger partial charge in [0.15, 0.2) is 0 Å². The zero-order valence-corrected chi connectivity index (χ0v) is 11.3. The Morgan fingerprint density at radius 3 is 2.71 bits per heavy atom. The first-order valence-electron chi connectivity index (χ1n) is 6.94. The number of carbonyl (C=O) groups excluding carboxylic acids is 1. The molecule has 0 saturated carbocycles. The molecule has 0 aromatic heterocycles. The number of nitrogens with zero attached hydrogens (tertiary/aromatic N) is 2. The maximum Gasteiger partial charge on any atom is 0.241 e. The minimum absolute atomic E-state index is 0.0532. The van der Waals surface area contributed by atoms with Crippen LogP contribution in [0.3, 0.4) is 0 Å². The maximum absolute atomic E-state index is 12.4. The standard InChI is InChI=1S/C13H25N3O/c1-4-6-12-14-11(5-2)13(17)16(12)10-7-8-15(3)9-10/h10-12,14H,4-9H2,1-3H3. The van der Waals surface area contributed by atoms with Crippen molar-refractivity contribution in [3.8, 4) is 0 Å². The monoisotopic (exact) mass is 239 g/mol. The molecule has 0 bridgehead atoms. The zero-order chi connectivity index (χ0) is 12.4. The number of hydrogen-bond donors (Lipinski definition) is 1. The van der Waals surface area contributed by atoms with Crippen molar-refractivity contribution >= 4 is 5.91 Å². The molecule has 2 aliphatic heterocycles. The largest absolute Gasteiger partial charge is 0.321 e. The lowest BCUT2D eigenvalue weighted by molar-refractivity contribution is -0.132. The molecule has 0 aromatic rings. The lowest BCUT2D eigenvalue weighted by Gasteiger charge is -2.30. The van der Waals surface area contributed by atoms with Gasteiger partial charge in [-0.3, -0.25) is 10.1 Å². The van der Waals surface area contributed by atoms with E-state index in [1.165, 1.54) is 0 Å². The first-order valence-corrected chi connectivity index (χ1v) is 6.94. The van der Waals surface area contributed by atoms with Crippen LogP contribution in [0.4, 0.5) is 0 Å². The average molecular weight is 239 g/mol. The molecule has 1 N–H and O–H groups in total. The van der Waals surface area contributed by atoms with Gasteiger partial charge in [0.05, 0.1) is 12.2 Å². The second-order valence-corrected chi connectivity index (χ2v) is 5.38. The molecule has 2 saturated heterocycles. The number of nitrogens with one attached hydrogen (secondary N) is 1. The maximum atomic E-state index is 12.4. The summed E-state index contributed by atoms with van der Waals surface area (Å²) in [4.78, 5) is 16.8. The van der Waals surface area contributed by atoms with Crippen molar-refractivity contribution in [1.82, 2.24) is 15.1 Å². The van der Waals surface area contributed by atoms with Gasteiger partial charge in [-0.1, -0.05) is 20.3 Å². The molecular formula is C13H25N3O. The summed E-state index contributed by atoms with van der Waals surface area (Å²) in [6, 6.07) is 0.477. The van der Waals surface area contributed by atoms with Crippen LogP contribution < -0.4 is 5.32 Å². The quantitative estimate of drug-likeness (QED) is 0.796. The number of amides is 1. The van der Waals surface area contributed by atoms with E-state index < -0.39 is 0 Å². The van der Waals surface area contributed by atoms with Crippen LogP contribution in [0.5, 0.6) is 0 Å². The molecule has 2 heterocycles. The lowest BCUT2D eigenvalue weighted by atomic mass is 10.1. The summed E-state index contributed by atoms with van der Waals surface area (Å²) < 4.78 is 0. The fourth-order valence-electron chi connectivity index (χ4n) is 3.08. The van der Waals surface area contributed by atoms with Crippen molar-refractivity contribution in [1.29, 1.82) is 0 Å². The number of hydrogen-bond acceptors (Lipinski definition) is 3. The van der Waals surface area contributed by atoms with E-state index in [-0.39, 0.29) is 12.2 Å². The van der Waals surface area contributed by atoms with E-state index in [2.05, 4.69) is 36.0 Å². The summed E-state index contributed by atoms with van der Waals surface area (Å²) in [7, 11) is 2.14. The van der Waals surface area contributed by atoms with Gasteiger partial charge in [0.25, 0.3) is 0 Å². The summed E-state index contributed by atoms with van der Waals surface area (Å²) in [6.07, 6.45) is 4.50. The van der Waals surface area contributed by atoms with Crippen LogP contribution in [-0.2, 0) is 4.79 Å². The Hall–Kier alpha value is -0.610. The van der Waals surface area contributed by atoms with E-state index in [0.717, 1.165) is 38.8 Å². The molecular weight excluding hydrogens is 214 g/mol. The highest BCUT2D eigenvalue weighted by Crippen LogP contribution is 2.24. The van der Waals surface area contributed by atoms with E-state index >= 15 is 0 Å². The summed E-state index contributed by atoms with van der Waals surface area (Å²) in [6.45, 7) is 6.42. The van der Waals surface area contributed by atoms with Crippen LogP contribution in [0.15, 0.2) is 0 Å². The molecule has 0 aromatic carbocycles. The third-order valence-corrected chi connectivity index (χ3v) is 4.01. The Labute approximate surface area is 104 Å². The predicted molar refractivity (Wildman–Crippen MR) is 68.7 cm³/mol.